The van der Waals surface area contributed by atoms with Gasteiger partial charge in [0, 0.05) is 53.6 Å². The van der Waals surface area contributed by atoms with Crippen LogP contribution in [0.3, 0.4) is 0 Å². The normalized spacial score (nSPS) is 46.2. The van der Waals surface area contributed by atoms with E-state index in [0.717, 1.165) is 5.57 Å². The number of benzene rings is 2. The molecule has 2 aromatic rings. The Bertz CT molecular complexity index is 2600. The number of hydrogen-bond donors (Lipinski definition) is 5. The standard InChI is InChI=1S/C63H90O21/c1-33-50(64)55(74-11)51(65)58(78-33)84-54-36(4)77-49(31-44(54)73-10)83-53-35(3)76-48(30-43(53)72-9)82-52-34(2)75-47(29-42(52)71-8)80-41-23-24-59(6)40(28-41)22-25-62(69)45(59)32-46(81-57(67)39-20-16-13-17-21-39)60(7)61(68,26-27-63(60,62)70)37(5)79-56(66)38-18-14-12-15-19-38/h12-22,33-37,41-55,58,64-65,68-70H,23-32H2,1-11H3/t33-,34-,35-,36-,37?,41+,42+,43-,44-,45-,46?,47+,48+,49+,50-,51-,52-,53-,54-,55-,58+,59+,60-,61+,62+,63-/m1/s1. The molecule has 0 aromatic heterocycles. The molecule has 468 valence electrons. The largest absolute Gasteiger partial charge is 0.458 e. The van der Waals surface area contributed by atoms with Gasteiger partial charge in [0.1, 0.15) is 65.6 Å². The van der Waals surface area contributed by atoms with Crippen molar-refractivity contribution in [3.05, 3.63) is 83.4 Å². The van der Waals surface area contributed by atoms with Gasteiger partial charge in [0.2, 0.25) is 0 Å². The van der Waals surface area contributed by atoms with E-state index in [9.17, 15) is 35.1 Å². The molecule has 0 amide bonds. The molecule has 84 heavy (non-hydrogen) atoms. The second-order valence-corrected chi connectivity index (χ2v) is 25.3. The summed E-state index contributed by atoms with van der Waals surface area (Å²) in [4.78, 5) is 27.6. The molecular formula is C63H90O21. The van der Waals surface area contributed by atoms with Crippen LogP contribution in [0.15, 0.2) is 72.3 Å². The average molecular weight is 1180 g/mol. The molecule has 8 aliphatic rings. The Labute approximate surface area is 492 Å². The minimum atomic E-state index is -2.00. The highest BCUT2D eigenvalue weighted by atomic mass is 16.8. The molecule has 21 nitrogen and oxygen atoms in total. The van der Waals surface area contributed by atoms with Crippen LogP contribution in [0, 0.1) is 16.7 Å². The van der Waals surface area contributed by atoms with Crippen LogP contribution in [0.1, 0.15) is 133 Å². The lowest BCUT2D eigenvalue weighted by Crippen LogP contribution is -2.78. The Morgan fingerprint density at radius 2 is 1.11 bits per heavy atom. The smallest absolute Gasteiger partial charge is 0.338 e. The highest BCUT2D eigenvalue weighted by Crippen LogP contribution is 2.71. The van der Waals surface area contributed by atoms with E-state index in [2.05, 4.69) is 6.92 Å². The van der Waals surface area contributed by atoms with Gasteiger partial charge in [-0.2, -0.15) is 0 Å². The Morgan fingerprint density at radius 3 is 1.63 bits per heavy atom. The number of aliphatic hydroxyl groups is 5. The number of carbonyl (C=O) groups excluding carboxylic acids is 2. The fourth-order valence-electron chi connectivity index (χ4n) is 15.9. The number of rotatable bonds is 17. The number of ether oxygens (including phenoxy) is 14. The molecule has 4 saturated heterocycles. The van der Waals surface area contributed by atoms with Gasteiger partial charge in [-0.3, -0.25) is 0 Å². The Hall–Kier alpha value is -3.56. The highest BCUT2D eigenvalue weighted by Gasteiger charge is 2.81. The third kappa shape index (κ3) is 11.3. The number of methoxy groups -OCH3 is 4. The second-order valence-electron chi connectivity index (χ2n) is 25.3. The van der Waals surface area contributed by atoms with Gasteiger partial charge >= 0.3 is 11.9 Å². The van der Waals surface area contributed by atoms with Crippen LogP contribution in [0.25, 0.3) is 0 Å². The molecule has 26 atom stereocenters. The fourth-order valence-corrected chi connectivity index (χ4v) is 15.9. The first-order valence-corrected chi connectivity index (χ1v) is 30.1. The monoisotopic (exact) mass is 1180 g/mol. The van der Waals surface area contributed by atoms with E-state index < -0.39 is 162 Å². The summed E-state index contributed by atoms with van der Waals surface area (Å²) in [7, 11) is 6.24. The first kappa shape index (κ1) is 63.5. The maximum Gasteiger partial charge on any atom is 0.338 e. The minimum Gasteiger partial charge on any atom is -0.458 e. The zero-order chi connectivity index (χ0) is 60.3. The van der Waals surface area contributed by atoms with Crippen molar-refractivity contribution in [2.75, 3.05) is 28.4 Å². The third-order valence-corrected chi connectivity index (χ3v) is 20.9. The molecule has 0 radical (unpaired) electrons. The summed E-state index contributed by atoms with van der Waals surface area (Å²) >= 11 is 0. The SMILES string of the molecule is CO[C@H]1[C@@H](O)[C@H](O[C@@H]2[C@@H](C)O[C@@H](O[C@@H]3[C@@H](C)O[C@@H](O[C@H]4[C@@H](OC)C[C@H](O[C@H]5CC[C@@]6(C)C(=CC[C@]7(O)[C@@H]6CC(OC(=O)c6ccccc6)[C@@]6(C)[C@]7(O)CC[C@]6(O)C(C)OC(=O)c6ccccc6)C5)O[C@@H]4C)C[C@H]3OC)C[C@H]2OC)O[C@H](C)[C@H]1O. The predicted molar refractivity (Wildman–Crippen MR) is 298 cm³/mol. The van der Waals surface area contributed by atoms with Crippen molar-refractivity contribution in [3.63, 3.8) is 0 Å². The van der Waals surface area contributed by atoms with E-state index in [1.165, 1.54) is 7.11 Å². The molecule has 10 rings (SSSR count). The Kier molecular flexibility index (Phi) is 19.0. The molecule has 3 saturated carbocycles. The number of aliphatic hydroxyl groups excluding tert-OH is 2. The summed E-state index contributed by atoms with van der Waals surface area (Å²) in [6.07, 6.45) is -9.36. The highest BCUT2D eigenvalue weighted by molar-refractivity contribution is 5.90. The van der Waals surface area contributed by atoms with Crippen LogP contribution in [-0.4, -0.2) is 206 Å². The summed E-state index contributed by atoms with van der Waals surface area (Å²) in [6, 6.07) is 17.0. The van der Waals surface area contributed by atoms with Crippen molar-refractivity contribution in [3.8, 4) is 0 Å². The molecule has 2 unspecified atom stereocenters. The maximum absolute atomic E-state index is 14.1. The van der Waals surface area contributed by atoms with Crippen LogP contribution in [0.5, 0.6) is 0 Å². The van der Waals surface area contributed by atoms with Crippen molar-refractivity contribution in [2.24, 2.45) is 16.7 Å². The number of esters is 2. The second kappa shape index (κ2) is 25.1. The number of hydrogen-bond acceptors (Lipinski definition) is 21. The summed E-state index contributed by atoms with van der Waals surface area (Å²) in [5, 5.41) is 61.2. The van der Waals surface area contributed by atoms with Crippen molar-refractivity contribution in [2.45, 2.75) is 252 Å². The Morgan fingerprint density at radius 1 is 0.595 bits per heavy atom. The maximum atomic E-state index is 14.1. The average Bonchev–Trinajstić information content (AvgIpc) is 1.34. The van der Waals surface area contributed by atoms with Crippen molar-refractivity contribution < 1.29 is 101 Å². The zero-order valence-corrected chi connectivity index (χ0v) is 50.3. The fraction of sp³-hybridized carbons (Fsp3) is 0.746. The lowest BCUT2D eigenvalue weighted by Gasteiger charge is -2.67. The molecular weight excluding hydrogens is 1090 g/mol. The topological polar surface area (TPSA) is 265 Å². The van der Waals surface area contributed by atoms with Crippen LogP contribution >= 0.6 is 0 Å². The third-order valence-electron chi connectivity index (χ3n) is 20.9. The van der Waals surface area contributed by atoms with Gasteiger partial charge < -0.3 is 91.8 Å². The van der Waals surface area contributed by atoms with Gasteiger partial charge in [-0.1, -0.05) is 61.9 Å². The molecule has 4 aliphatic heterocycles. The van der Waals surface area contributed by atoms with Gasteiger partial charge in [-0.15, -0.1) is 0 Å². The summed E-state index contributed by atoms with van der Waals surface area (Å²) in [5.74, 6) is -1.89. The van der Waals surface area contributed by atoms with Crippen LogP contribution < -0.4 is 0 Å². The van der Waals surface area contributed by atoms with E-state index in [4.69, 9.17) is 66.3 Å². The lowest BCUT2D eigenvalue weighted by molar-refractivity contribution is -0.356. The minimum absolute atomic E-state index is 0.0361. The Balaban J connectivity index is 0.773. The molecule has 5 N–H and O–H groups in total. The van der Waals surface area contributed by atoms with Crippen LogP contribution in [0.2, 0.25) is 0 Å². The van der Waals surface area contributed by atoms with Gasteiger partial charge in [-0.25, -0.2) is 9.59 Å². The first-order valence-electron chi connectivity index (χ1n) is 30.1. The van der Waals surface area contributed by atoms with Crippen molar-refractivity contribution in [1.82, 2.24) is 0 Å². The van der Waals surface area contributed by atoms with Crippen LogP contribution in [-0.2, 0) is 66.3 Å². The van der Waals surface area contributed by atoms with Crippen LogP contribution in [0.4, 0.5) is 0 Å². The van der Waals surface area contributed by atoms with Gasteiger partial charge in [0.05, 0.1) is 65.4 Å². The quantitative estimate of drug-likeness (QED) is 0.0972. The van der Waals surface area contributed by atoms with E-state index in [1.807, 2.05) is 26.8 Å². The number of fused-ring (bicyclic) bond motifs is 5. The van der Waals surface area contributed by atoms with Gasteiger partial charge in [-0.05, 0) is 109 Å². The molecule has 21 heteroatoms. The summed E-state index contributed by atoms with van der Waals surface area (Å²) in [6.45, 7) is 12.7. The molecule has 7 fully saturated rings. The van der Waals surface area contributed by atoms with E-state index in [1.54, 1.807) is 103 Å². The summed E-state index contributed by atoms with van der Waals surface area (Å²) < 4.78 is 87.5. The van der Waals surface area contributed by atoms with Gasteiger partial charge in [0.25, 0.3) is 0 Å². The molecule has 4 heterocycles. The molecule has 4 aliphatic carbocycles. The lowest BCUT2D eigenvalue weighted by atomic mass is 9.42. The van der Waals surface area contributed by atoms with E-state index >= 15 is 0 Å². The number of carbonyl (C=O) groups is 2. The predicted octanol–water partition coefficient (Wildman–Crippen LogP) is 5.46. The van der Waals surface area contributed by atoms with E-state index in [0.29, 0.717) is 49.7 Å². The van der Waals surface area contributed by atoms with Gasteiger partial charge in [0.15, 0.2) is 25.2 Å². The molecule has 0 bridgehead atoms. The zero-order valence-electron chi connectivity index (χ0n) is 50.3. The van der Waals surface area contributed by atoms with Crippen molar-refractivity contribution >= 4 is 11.9 Å². The summed E-state index contributed by atoms with van der Waals surface area (Å²) in [5.41, 5.74) is -6.42. The van der Waals surface area contributed by atoms with E-state index in [-0.39, 0.29) is 31.8 Å². The molecule has 0 spiro atoms. The molecule has 2 aromatic carbocycles. The van der Waals surface area contributed by atoms with Crippen molar-refractivity contribution in [1.29, 1.82) is 0 Å². The first-order chi connectivity index (χ1) is 40.0.